The smallest absolute Gasteiger partial charge is 0.307 e. The lowest BCUT2D eigenvalue weighted by atomic mass is 10.1. The third-order valence-electron chi connectivity index (χ3n) is 3.29. The topological polar surface area (TPSA) is 76.0 Å². The summed E-state index contributed by atoms with van der Waals surface area (Å²) in [4.78, 5) is 23.8. The summed E-state index contributed by atoms with van der Waals surface area (Å²) < 4.78 is 0. The van der Waals surface area contributed by atoms with E-state index in [1.807, 2.05) is 25.1 Å². The zero-order valence-corrected chi connectivity index (χ0v) is 10.4. The number of aliphatic carboxylic acids is 1. The molecule has 3 rings (SSSR count). The van der Waals surface area contributed by atoms with Gasteiger partial charge in [-0.1, -0.05) is 0 Å². The highest BCUT2D eigenvalue weighted by Crippen LogP contribution is 2.46. The standard InChI is InChI=1S/C14H13N3O2/c1-8-6-12(9-2-4-15-5-3-9)17-13(16-8)10-7-11(10)14(18)19/h2-6,10-11H,7H2,1H3,(H,18,19). The Hall–Kier alpha value is -2.30. The number of pyridine rings is 1. The number of hydrogen-bond donors (Lipinski definition) is 1. The Morgan fingerprint density at radius 2 is 2.05 bits per heavy atom. The summed E-state index contributed by atoms with van der Waals surface area (Å²) >= 11 is 0. The molecule has 5 heteroatoms. The number of rotatable bonds is 3. The summed E-state index contributed by atoms with van der Waals surface area (Å²) in [5, 5.41) is 8.98. The zero-order valence-electron chi connectivity index (χ0n) is 10.4. The molecule has 0 aromatic carbocycles. The highest BCUT2D eigenvalue weighted by atomic mass is 16.4. The maximum absolute atomic E-state index is 10.9. The van der Waals surface area contributed by atoms with Crippen LogP contribution in [0.1, 0.15) is 23.9 Å². The van der Waals surface area contributed by atoms with Crippen molar-refractivity contribution >= 4 is 5.97 Å². The lowest BCUT2D eigenvalue weighted by molar-refractivity contribution is -0.138. The summed E-state index contributed by atoms with van der Waals surface area (Å²) in [5.74, 6) is -0.496. The quantitative estimate of drug-likeness (QED) is 0.908. The first-order valence-electron chi connectivity index (χ1n) is 6.14. The van der Waals surface area contributed by atoms with E-state index >= 15 is 0 Å². The largest absolute Gasteiger partial charge is 0.481 e. The van der Waals surface area contributed by atoms with Gasteiger partial charge in [-0.3, -0.25) is 9.78 Å². The van der Waals surface area contributed by atoms with Gasteiger partial charge in [0.25, 0.3) is 0 Å². The predicted molar refractivity (Wildman–Crippen MR) is 68.5 cm³/mol. The molecule has 1 aliphatic rings. The number of carbonyl (C=O) groups is 1. The second-order valence-electron chi connectivity index (χ2n) is 4.78. The van der Waals surface area contributed by atoms with Crippen molar-refractivity contribution in [1.82, 2.24) is 15.0 Å². The summed E-state index contributed by atoms with van der Waals surface area (Å²) in [6.45, 7) is 1.90. The van der Waals surface area contributed by atoms with Crippen LogP contribution in [0.2, 0.25) is 0 Å². The van der Waals surface area contributed by atoms with E-state index in [-0.39, 0.29) is 11.8 Å². The molecular formula is C14H13N3O2. The van der Waals surface area contributed by atoms with Crippen molar-refractivity contribution in [3.63, 3.8) is 0 Å². The number of carboxylic acid groups (broad SMARTS) is 1. The van der Waals surface area contributed by atoms with Crippen molar-refractivity contribution in [2.45, 2.75) is 19.3 Å². The minimum Gasteiger partial charge on any atom is -0.481 e. The molecule has 0 spiro atoms. The molecule has 1 fully saturated rings. The van der Waals surface area contributed by atoms with Crippen LogP contribution >= 0.6 is 0 Å². The fourth-order valence-corrected chi connectivity index (χ4v) is 2.18. The molecule has 19 heavy (non-hydrogen) atoms. The molecule has 0 saturated heterocycles. The van der Waals surface area contributed by atoms with E-state index < -0.39 is 5.97 Å². The van der Waals surface area contributed by atoms with E-state index in [4.69, 9.17) is 5.11 Å². The van der Waals surface area contributed by atoms with Crippen molar-refractivity contribution in [3.05, 3.63) is 42.1 Å². The van der Waals surface area contributed by atoms with Crippen molar-refractivity contribution in [2.75, 3.05) is 0 Å². The highest BCUT2D eigenvalue weighted by Gasteiger charge is 2.46. The first-order chi connectivity index (χ1) is 9.15. The Bertz CT molecular complexity index is 628. The van der Waals surface area contributed by atoms with Gasteiger partial charge in [0, 0.05) is 29.6 Å². The van der Waals surface area contributed by atoms with Crippen LogP contribution in [0.25, 0.3) is 11.3 Å². The van der Waals surface area contributed by atoms with Crippen LogP contribution in [0, 0.1) is 12.8 Å². The second kappa shape index (κ2) is 4.42. The summed E-state index contributed by atoms with van der Waals surface area (Å²) in [6.07, 6.45) is 4.06. The molecule has 2 atom stereocenters. The number of nitrogens with zero attached hydrogens (tertiary/aromatic N) is 3. The van der Waals surface area contributed by atoms with Crippen molar-refractivity contribution in [1.29, 1.82) is 0 Å². The molecule has 2 unspecified atom stereocenters. The maximum Gasteiger partial charge on any atom is 0.307 e. The Morgan fingerprint density at radius 3 is 2.68 bits per heavy atom. The van der Waals surface area contributed by atoms with Gasteiger partial charge in [0.2, 0.25) is 0 Å². The number of aryl methyl sites for hydroxylation is 1. The molecular weight excluding hydrogens is 242 g/mol. The van der Waals surface area contributed by atoms with Crippen LogP contribution in [0.4, 0.5) is 0 Å². The van der Waals surface area contributed by atoms with Gasteiger partial charge in [-0.15, -0.1) is 0 Å². The number of hydrogen-bond acceptors (Lipinski definition) is 4. The molecule has 1 aliphatic carbocycles. The lowest BCUT2D eigenvalue weighted by Gasteiger charge is -2.05. The minimum absolute atomic E-state index is 0.0435. The minimum atomic E-state index is -0.763. The normalized spacial score (nSPS) is 21.1. The first kappa shape index (κ1) is 11.8. The predicted octanol–water partition coefficient (Wildman–Crippen LogP) is 2.04. The zero-order chi connectivity index (χ0) is 13.4. The number of aromatic nitrogens is 3. The molecule has 0 radical (unpaired) electrons. The van der Waals surface area contributed by atoms with Gasteiger partial charge in [-0.25, -0.2) is 9.97 Å². The fraction of sp³-hybridized carbons (Fsp3) is 0.286. The van der Waals surface area contributed by atoms with Gasteiger partial charge in [0.15, 0.2) is 0 Å². The lowest BCUT2D eigenvalue weighted by Crippen LogP contribution is -2.03. The van der Waals surface area contributed by atoms with Crippen LogP contribution in [0.5, 0.6) is 0 Å². The van der Waals surface area contributed by atoms with Gasteiger partial charge < -0.3 is 5.11 Å². The molecule has 0 bridgehead atoms. The maximum atomic E-state index is 10.9. The van der Waals surface area contributed by atoms with E-state index in [1.54, 1.807) is 12.4 Å². The van der Waals surface area contributed by atoms with Crippen molar-refractivity contribution < 1.29 is 9.90 Å². The van der Waals surface area contributed by atoms with Gasteiger partial charge in [-0.05, 0) is 31.5 Å². The third-order valence-corrected chi connectivity index (χ3v) is 3.29. The molecule has 2 heterocycles. The second-order valence-corrected chi connectivity index (χ2v) is 4.78. The highest BCUT2D eigenvalue weighted by molar-refractivity contribution is 5.75. The van der Waals surface area contributed by atoms with Gasteiger partial charge in [-0.2, -0.15) is 0 Å². The average Bonchev–Trinajstić information content (AvgIpc) is 3.19. The van der Waals surface area contributed by atoms with Crippen LogP contribution in [-0.4, -0.2) is 26.0 Å². The summed E-state index contributed by atoms with van der Waals surface area (Å²) in [7, 11) is 0. The van der Waals surface area contributed by atoms with Crippen molar-refractivity contribution in [2.24, 2.45) is 5.92 Å². The molecule has 1 N–H and O–H groups in total. The molecule has 96 valence electrons. The van der Waals surface area contributed by atoms with E-state index in [0.717, 1.165) is 17.0 Å². The average molecular weight is 255 g/mol. The summed E-state index contributed by atoms with van der Waals surface area (Å²) in [6, 6.07) is 5.66. The van der Waals surface area contributed by atoms with Gasteiger partial charge in [0.05, 0.1) is 11.6 Å². The van der Waals surface area contributed by atoms with Gasteiger partial charge >= 0.3 is 5.97 Å². The third kappa shape index (κ3) is 2.31. The van der Waals surface area contributed by atoms with E-state index in [9.17, 15) is 4.79 Å². The SMILES string of the molecule is Cc1cc(-c2ccncc2)nc(C2CC2C(=O)O)n1. The molecule has 5 nitrogen and oxygen atoms in total. The first-order valence-corrected chi connectivity index (χ1v) is 6.14. The summed E-state index contributed by atoms with van der Waals surface area (Å²) in [5.41, 5.74) is 2.64. The number of carboxylic acids is 1. The Morgan fingerprint density at radius 1 is 1.32 bits per heavy atom. The molecule has 0 aliphatic heterocycles. The van der Waals surface area contributed by atoms with Crippen LogP contribution < -0.4 is 0 Å². The van der Waals surface area contributed by atoms with Crippen LogP contribution in [0.15, 0.2) is 30.6 Å². The molecule has 2 aromatic rings. The molecule has 1 saturated carbocycles. The monoisotopic (exact) mass is 255 g/mol. The van der Waals surface area contributed by atoms with E-state index in [1.165, 1.54) is 0 Å². The van der Waals surface area contributed by atoms with E-state index in [2.05, 4.69) is 15.0 Å². The Balaban J connectivity index is 1.96. The molecule has 0 amide bonds. The Kier molecular flexibility index (Phi) is 2.74. The molecule has 2 aromatic heterocycles. The fourth-order valence-electron chi connectivity index (χ4n) is 2.18. The van der Waals surface area contributed by atoms with Crippen molar-refractivity contribution in [3.8, 4) is 11.3 Å². The van der Waals surface area contributed by atoms with E-state index in [0.29, 0.717) is 12.2 Å². The van der Waals surface area contributed by atoms with Crippen LogP contribution in [0.3, 0.4) is 0 Å². The van der Waals surface area contributed by atoms with Crippen LogP contribution in [-0.2, 0) is 4.79 Å². The Labute approximate surface area is 110 Å². The van der Waals surface area contributed by atoms with Gasteiger partial charge in [0.1, 0.15) is 5.82 Å².